The number of hydrogen-bond acceptors (Lipinski definition) is 5. The number of fused-ring (bicyclic) bond motifs is 1. The Morgan fingerprint density at radius 1 is 1.39 bits per heavy atom. The predicted octanol–water partition coefficient (Wildman–Crippen LogP) is 2.62. The van der Waals surface area contributed by atoms with Crippen molar-refractivity contribution < 1.29 is 18.7 Å². The molecule has 2 N–H and O–H groups in total. The average Bonchev–Trinajstić information content (AvgIpc) is 2.82. The van der Waals surface area contributed by atoms with E-state index < -0.39 is 23.2 Å². The van der Waals surface area contributed by atoms with Gasteiger partial charge in [-0.1, -0.05) is 0 Å². The Bertz CT molecular complexity index is 997. The van der Waals surface area contributed by atoms with Gasteiger partial charge in [-0.15, -0.1) is 11.3 Å². The first-order valence-corrected chi connectivity index (χ1v) is 7.16. The van der Waals surface area contributed by atoms with Gasteiger partial charge in [-0.05, 0) is 24.6 Å². The molecule has 0 atom stereocenters. The van der Waals surface area contributed by atoms with Crippen LogP contribution >= 0.6 is 11.3 Å². The number of thiophene rings is 1. The molecule has 0 aliphatic rings. The molecule has 0 radical (unpaired) electrons. The fraction of sp³-hybridized carbons (Fsp3) is 0.0714. The number of aromatic carboxylic acids is 1. The molecule has 0 aliphatic carbocycles. The van der Waals surface area contributed by atoms with E-state index in [9.17, 15) is 18.4 Å². The number of nitrogens with zero attached hydrogens (tertiary/aromatic N) is 2. The van der Waals surface area contributed by atoms with Crippen LogP contribution in [0, 0.1) is 18.6 Å². The normalized spacial score (nSPS) is 10.9. The highest BCUT2D eigenvalue weighted by molar-refractivity contribution is 7.20. The molecule has 3 rings (SSSR count). The summed E-state index contributed by atoms with van der Waals surface area (Å²) in [4.78, 5) is 27.9. The molecule has 1 aromatic carbocycles. The monoisotopic (exact) mass is 337 g/mol. The van der Waals surface area contributed by atoms with Gasteiger partial charge in [-0.3, -0.25) is 10.2 Å². The molecule has 118 valence electrons. The Hall–Kier alpha value is -2.81. The van der Waals surface area contributed by atoms with Gasteiger partial charge < -0.3 is 5.11 Å². The number of benzene rings is 1. The minimum Gasteiger partial charge on any atom is -0.477 e. The highest BCUT2D eigenvalue weighted by Crippen LogP contribution is 2.26. The van der Waals surface area contributed by atoms with E-state index in [2.05, 4.69) is 10.4 Å². The lowest BCUT2D eigenvalue weighted by Crippen LogP contribution is -2.27. The maximum atomic E-state index is 13.7. The van der Waals surface area contributed by atoms with E-state index in [1.54, 1.807) is 0 Å². The number of nitrogens with one attached hydrogen (secondary N) is 1. The first-order valence-electron chi connectivity index (χ1n) is 6.34. The van der Waals surface area contributed by atoms with E-state index >= 15 is 0 Å². The number of aryl methyl sites for hydroxylation is 1. The number of rotatable bonds is 3. The summed E-state index contributed by atoms with van der Waals surface area (Å²) in [7, 11) is 0. The Morgan fingerprint density at radius 2 is 2.13 bits per heavy atom. The highest BCUT2D eigenvalue weighted by Gasteiger charge is 2.19. The van der Waals surface area contributed by atoms with Crippen LogP contribution in [0.4, 0.5) is 14.5 Å². The number of anilines is 1. The lowest BCUT2D eigenvalue weighted by Gasteiger charge is -2.09. The first-order chi connectivity index (χ1) is 10.9. The largest absolute Gasteiger partial charge is 0.477 e. The molecular formula is C14H9F2N3O3S. The molecular weight excluding hydrogens is 328 g/mol. The molecule has 0 bridgehead atoms. The van der Waals surface area contributed by atoms with Crippen molar-refractivity contribution in [1.29, 1.82) is 0 Å². The molecule has 0 amide bonds. The van der Waals surface area contributed by atoms with Crippen LogP contribution in [0.2, 0.25) is 0 Å². The van der Waals surface area contributed by atoms with Crippen LogP contribution < -0.4 is 11.0 Å². The quantitative estimate of drug-likeness (QED) is 0.767. The second kappa shape index (κ2) is 5.43. The van der Waals surface area contributed by atoms with E-state index in [0.717, 1.165) is 34.5 Å². The third-order valence-electron chi connectivity index (χ3n) is 3.22. The number of carboxylic acid groups (broad SMARTS) is 1. The van der Waals surface area contributed by atoms with Gasteiger partial charge in [0.05, 0.1) is 11.1 Å². The minimum atomic E-state index is -1.14. The van der Waals surface area contributed by atoms with Crippen molar-refractivity contribution in [3.63, 3.8) is 0 Å². The zero-order valence-corrected chi connectivity index (χ0v) is 12.4. The fourth-order valence-corrected chi connectivity index (χ4v) is 3.10. The molecule has 23 heavy (non-hydrogen) atoms. The van der Waals surface area contributed by atoms with Crippen LogP contribution in [-0.4, -0.2) is 20.7 Å². The molecule has 2 heterocycles. The van der Waals surface area contributed by atoms with Crippen molar-refractivity contribution in [2.24, 2.45) is 0 Å². The number of carboxylic acids is 1. The number of aromatic nitrogens is 2. The zero-order valence-electron chi connectivity index (χ0n) is 11.6. The van der Waals surface area contributed by atoms with Crippen LogP contribution in [0.15, 0.2) is 29.3 Å². The third-order valence-corrected chi connectivity index (χ3v) is 4.41. The molecule has 0 saturated carbocycles. The maximum Gasteiger partial charge on any atom is 0.346 e. The van der Waals surface area contributed by atoms with Crippen molar-refractivity contribution in [3.8, 4) is 0 Å². The van der Waals surface area contributed by atoms with E-state index in [-0.39, 0.29) is 20.8 Å². The van der Waals surface area contributed by atoms with Crippen LogP contribution in [0.5, 0.6) is 0 Å². The molecule has 0 unspecified atom stereocenters. The van der Waals surface area contributed by atoms with Gasteiger partial charge in [0.25, 0.3) is 5.56 Å². The molecule has 6 nitrogen and oxygen atoms in total. The van der Waals surface area contributed by atoms with Gasteiger partial charge in [-0.25, -0.2) is 23.2 Å². The summed E-state index contributed by atoms with van der Waals surface area (Å²) in [5.41, 5.74) is 2.10. The fourth-order valence-electron chi connectivity index (χ4n) is 2.12. The van der Waals surface area contributed by atoms with Gasteiger partial charge in [0, 0.05) is 6.07 Å². The molecule has 0 aliphatic heterocycles. The minimum absolute atomic E-state index is 0.0234. The molecule has 3 aromatic rings. The number of halogens is 2. The van der Waals surface area contributed by atoms with Crippen LogP contribution in [0.25, 0.3) is 10.2 Å². The smallest absolute Gasteiger partial charge is 0.346 e. The summed E-state index contributed by atoms with van der Waals surface area (Å²) in [5, 5.41) is 9.24. The molecule has 0 fully saturated rings. The van der Waals surface area contributed by atoms with E-state index in [1.807, 2.05) is 0 Å². The number of carbonyl (C=O) groups is 1. The van der Waals surface area contributed by atoms with Gasteiger partial charge in [0.15, 0.2) is 5.82 Å². The molecule has 2 aromatic heterocycles. The van der Waals surface area contributed by atoms with Crippen LogP contribution in [0.1, 0.15) is 15.2 Å². The lowest BCUT2D eigenvalue weighted by atomic mass is 10.2. The van der Waals surface area contributed by atoms with E-state index in [0.29, 0.717) is 11.6 Å². The lowest BCUT2D eigenvalue weighted by molar-refractivity contribution is 0.0701. The summed E-state index contributed by atoms with van der Waals surface area (Å²) in [6, 6.07) is 2.86. The van der Waals surface area contributed by atoms with E-state index in [1.165, 1.54) is 6.92 Å². The van der Waals surface area contributed by atoms with Gasteiger partial charge in [0.1, 0.15) is 21.9 Å². The van der Waals surface area contributed by atoms with Crippen molar-refractivity contribution in [1.82, 2.24) is 9.66 Å². The summed E-state index contributed by atoms with van der Waals surface area (Å²) in [5.74, 6) is -2.76. The third kappa shape index (κ3) is 2.55. The Morgan fingerprint density at radius 3 is 2.78 bits per heavy atom. The van der Waals surface area contributed by atoms with Crippen LogP contribution in [0.3, 0.4) is 0 Å². The molecule has 9 heteroatoms. The van der Waals surface area contributed by atoms with E-state index in [4.69, 9.17) is 5.11 Å². The highest BCUT2D eigenvalue weighted by atomic mass is 32.1. The second-order valence-electron chi connectivity index (χ2n) is 4.70. The summed E-state index contributed by atoms with van der Waals surface area (Å²) < 4.78 is 27.5. The van der Waals surface area contributed by atoms with Gasteiger partial charge >= 0.3 is 5.97 Å². The summed E-state index contributed by atoms with van der Waals surface area (Å²) >= 11 is 0.891. The van der Waals surface area contributed by atoms with Gasteiger partial charge in [-0.2, -0.15) is 0 Å². The zero-order chi connectivity index (χ0) is 16.7. The van der Waals surface area contributed by atoms with Crippen molar-refractivity contribution in [2.75, 3.05) is 5.43 Å². The van der Waals surface area contributed by atoms with Crippen LogP contribution in [-0.2, 0) is 0 Å². The standard InChI is InChI=1S/C14H9F2N3O3S/c1-6-10-12(23-11(6)14(21)22)17-5-19(13(10)20)18-9-3-2-7(15)4-8(9)16/h2-5,18H,1H3,(H,21,22). The van der Waals surface area contributed by atoms with Gasteiger partial charge in [0.2, 0.25) is 0 Å². The molecule has 0 saturated heterocycles. The predicted molar refractivity (Wildman–Crippen MR) is 81.0 cm³/mol. The summed E-state index contributed by atoms with van der Waals surface area (Å²) in [6.07, 6.45) is 1.12. The topological polar surface area (TPSA) is 84.2 Å². The second-order valence-corrected chi connectivity index (χ2v) is 5.70. The van der Waals surface area contributed by atoms with Crippen molar-refractivity contribution >= 4 is 33.2 Å². The maximum absolute atomic E-state index is 13.7. The SMILES string of the molecule is Cc1c(C(=O)O)sc2ncn(Nc3ccc(F)cc3F)c(=O)c12. The Balaban J connectivity index is 2.12. The number of hydrogen-bond donors (Lipinski definition) is 2. The Labute approximate surface area is 131 Å². The van der Waals surface area contributed by atoms with Crippen molar-refractivity contribution in [3.05, 3.63) is 57.0 Å². The molecule has 0 spiro atoms. The average molecular weight is 337 g/mol. The Kier molecular flexibility index (Phi) is 3.57. The first kappa shape index (κ1) is 15.1. The van der Waals surface area contributed by atoms with Crippen molar-refractivity contribution in [2.45, 2.75) is 6.92 Å². The summed E-state index contributed by atoms with van der Waals surface area (Å²) in [6.45, 7) is 1.51.